The van der Waals surface area contributed by atoms with Crippen LogP contribution in [-0.2, 0) is 4.79 Å². The van der Waals surface area contributed by atoms with E-state index in [-0.39, 0.29) is 36.0 Å². The maximum atomic E-state index is 12.8. The van der Waals surface area contributed by atoms with Gasteiger partial charge in [-0.05, 0) is 37.6 Å². The van der Waals surface area contributed by atoms with Crippen molar-refractivity contribution in [3.63, 3.8) is 0 Å². The predicted octanol–water partition coefficient (Wildman–Crippen LogP) is 2.15. The van der Waals surface area contributed by atoms with Crippen LogP contribution >= 0.6 is 24.0 Å². The largest absolute Gasteiger partial charge is 0.482 e. The Balaban J connectivity index is 0.00000200. The lowest BCUT2D eigenvalue weighted by molar-refractivity contribution is -0.123. The standard InChI is InChI=1S/C13H16ClFN2O2.ClH/c14-11-6-9(15)3-4-12(11)19-8-13(18)17-10-2-1-5-16-7-10;/h3-4,6,10,16H,1-2,5,7-8H2,(H,17,18);1H/t10-;/m0./s1. The van der Waals surface area contributed by atoms with Crippen molar-refractivity contribution >= 4 is 29.9 Å². The Kier molecular flexibility index (Phi) is 7.05. The zero-order valence-electron chi connectivity index (χ0n) is 10.8. The van der Waals surface area contributed by atoms with Gasteiger partial charge in [-0.1, -0.05) is 11.6 Å². The van der Waals surface area contributed by atoms with Gasteiger partial charge in [0, 0.05) is 12.6 Å². The summed E-state index contributed by atoms with van der Waals surface area (Å²) in [7, 11) is 0. The summed E-state index contributed by atoms with van der Waals surface area (Å²) in [5.74, 6) is -0.329. The van der Waals surface area contributed by atoms with Crippen molar-refractivity contribution in [3.05, 3.63) is 29.0 Å². The van der Waals surface area contributed by atoms with Crippen molar-refractivity contribution < 1.29 is 13.9 Å². The molecule has 1 fully saturated rings. The summed E-state index contributed by atoms with van der Waals surface area (Å²) in [6.07, 6.45) is 2.02. The lowest BCUT2D eigenvalue weighted by Gasteiger charge is -2.23. The van der Waals surface area contributed by atoms with Gasteiger partial charge in [0.25, 0.3) is 5.91 Å². The topological polar surface area (TPSA) is 50.4 Å². The molecule has 2 N–H and O–H groups in total. The number of piperidine rings is 1. The zero-order valence-corrected chi connectivity index (χ0v) is 12.4. The van der Waals surface area contributed by atoms with E-state index in [1.165, 1.54) is 12.1 Å². The van der Waals surface area contributed by atoms with Gasteiger partial charge in [0.1, 0.15) is 11.6 Å². The third kappa shape index (κ3) is 5.15. The summed E-state index contributed by atoms with van der Waals surface area (Å²) in [4.78, 5) is 11.7. The molecule has 112 valence electrons. The molecule has 1 aromatic rings. The van der Waals surface area contributed by atoms with Gasteiger partial charge in [-0.2, -0.15) is 0 Å². The van der Waals surface area contributed by atoms with Crippen LogP contribution in [0.1, 0.15) is 12.8 Å². The van der Waals surface area contributed by atoms with E-state index in [0.717, 1.165) is 32.0 Å². The van der Waals surface area contributed by atoms with Gasteiger partial charge >= 0.3 is 0 Å². The van der Waals surface area contributed by atoms with Crippen LogP contribution < -0.4 is 15.4 Å². The molecule has 1 heterocycles. The minimum Gasteiger partial charge on any atom is -0.482 e. The molecule has 7 heteroatoms. The first kappa shape index (κ1) is 17.0. The van der Waals surface area contributed by atoms with Crippen molar-refractivity contribution in [2.24, 2.45) is 0 Å². The summed E-state index contributed by atoms with van der Waals surface area (Å²) in [5, 5.41) is 6.25. The third-order valence-electron chi connectivity index (χ3n) is 2.91. The molecule has 0 radical (unpaired) electrons. The van der Waals surface area contributed by atoms with Crippen molar-refractivity contribution in [2.75, 3.05) is 19.7 Å². The summed E-state index contributed by atoms with van der Waals surface area (Å²) in [5.41, 5.74) is 0. The molecular weight excluding hydrogens is 306 g/mol. The van der Waals surface area contributed by atoms with Gasteiger partial charge < -0.3 is 15.4 Å². The monoisotopic (exact) mass is 322 g/mol. The van der Waals surface area contributed by atoms with E-state index < -0.39 is 5.82 Å². The second-order valence-corrected chi connectivity index (χ2v) is 4.88. The molecule has 2 rings (SSSR count). The lowest BCUT2D eigenvalue weighted by atomic mass is 10.1. The first-order chi connectivity index (χ1) is 9.15. The summed E-state index contributed by atoms with van der Waals surface area (Å²) in [6.45, 7) is 1.65. The maximum Gasteiger partial charge on any atom is 0.258 e. The van der Waals surface area contributed by atoms with Crippen LogP contribution in [0.5, 0.6) is 5.75 Å². The number of benzene rings is 1. The van der Waals surface area contributed by atoms with E-state index in [1.54, 1.807) is 0 Å². The number of rotatable bonds is 4. The number of nitrogens with one attached hydrogen (secondary N) is 2. The van der Waals surface area contributed by atoms with E-state index in [1.807, 2.05) is 0 Å². The smallest absolute Gasteiger partial charge is 0.258 e. The molecule has 1 saturated heterocycles. The molecule has 0 aromatic heterocycles. The van der Waals surface area contributed by atoms with Crippen molar-refractivity contribution in [3.8, 4) is 5.75 Å². The van der Waals surface area contributed by atoms with Crippen LogP contribution in [0.3, 0.4) is 0 Å². The second kappa shape index (κ2) is 8.29. The first-order valence-corrected chi connectivity index (χ1v) is 6.61. The first-order valence-electron chi connectivity index (χ1n) is 6.23. The second-order valence-electron chi connectivity index (χ2n) is 4.47. The van der Waals surface area contributed by atoms with Crippen LogP contribution in [0.4, 0.5) is 4.39 Å². The summed E-state index contributed by atoms with van der Waals surface area (Å²) >= 11 is 5.80. The highest BCUT2D eigenvalue weighted by molar-refractivity contribution is 6.32. The van der Waals surface area contributed by atoms with Crippen LogP contribution in [0.25, 0.3) is 0 Å². The van der Waals surface area contributed by atoms with E-state index in [0.29, 0.717) is 5.75 Å². The number of hydrogen-bond acceptors (Lipinski definition) is 3. The Morgan fingerprint density at radius 1 is 1.55 bits per heavy atom. The predicted molar refractivity (Wildman–Crippen MR) is 78.2 cm³/mol. The van der Waals surface area contributed by atoms with Crippen molar-refractivity contribution in [1.82, 2.24) is 10.6 Å². The fraction of sp³-hybridized carbons (Fsp3) is 0.462. The Bertz CT molecular complexity index is 454. The Morgan fingerprint density at radius 2 is 2.35 bits per heavy atom. The van der Waals surface area contributed by atoms with Gasteiger partial charge in [-0.3, -0.25) is 4.79 Å². The van der Waals surface area contributed by atoms with Crippen LogP contribution in [0.2, 0.25) is 5.02 Å². The number of carbonyl (C=O) groups is 1. The minimum atomic E-state index is -0.435. The Hall–Kier alpha value is -1.04. The summed E-state index contributed by atoms with van der Waals surface area (Å²) < 4.78 is 18.1. The SMILES string of the molecule is Cl.O=C(COc1ccc(F)cc1Cl)N[C@H]1CCCNC1. The van der Waals surface area contributed by atoms with Crippen LogP contribution in [-0.4, -0.2) is 31.6 Å². The molecule has 0 saturated carbocycles. The van der Waals surface area contributed by atoms with Crippen LogP contribution in [0.15, 0.2) is 18.2 Å². The number of amides is 1. The van der Waals surface area contributed by atoms with E-state index in [4.69, 9.17) is 16.3 Å². The Morgan fingerprint density at radius 3 is 3.00 bits per heavy atom. The normalized spacial score (nSPS) is 18.0. The molecule has 1 amide bonds. The molecule has 0 bridgehead atoms. The van der Waals surface area contributed by atoms with Crippen molar-refractivity contribution in [1.29, 1.82) is 0 Å². The fourth-order valence-corrected chi connectivity index (χ4v) is 2.20. The van der Waals surface area contributed by atoms with Crippen LogP contribution in [0, 0.1) is 5.82 Å². The molecule has 0 aliphatic carbocycles. The molecule has 1 atom stereocenters. The van der Waals surface area contributed by atoms with Gasteiger partial charge in [-0.15, -0.1) is 12.4 Å². The average Bonchev–Trinajstić information content (AvgIpc) is 2.39. The van der Waals surface area contributed by atoms with E-state index in [2.05, 4.69) is 10.6 Å². The third-order valence-corrected chi connectivity index (χ3v) is 3.21. The number of ether oxygens (including phenoxy) is 1. The number of halogens is 3. The van der Waals surface area contributed by atoms with Gasteiger partial charge in [-0.25, -0.2) is 4.39 Å². The quantitative estimate of drug-likeness (QED) is 0.893. The molecule has 4 nitrogen and oxygen atoms in total. The fourth-order valence-electron chi connectivity index (χ4n) is 1.98. The average molecular weight is 323 g/mol. The molecular formula is C13H17Cl2FN2O2. The zero-order chi connectivity index (χ0) is 13.7. The maximum absolute atomic E-state index is 12.8. The highest BCUT2D eigenvalue weighted by Gasteiger charge is 2.15. The Labute approximate surface area is 128 Å². The minimum absolute atomic E-state index is 0. The van der Waals surface area contributed by atoms with Gasteiger partial charge in [0.05, 0.1) is 5.02 Å². The number of hydrogen-bond donors (Lipinski definition) is 2. The lowest BCUT2D eigenvalue weighted by Crippen LogP contribution is -2.47. The molecule has 0 unspecified atom stereocenters. The highest BCUT2D eigenvalue weighted by atomic mass is 35.5. The molecule has 1 aromatic carbocycles. The highest BCUT2D eigenvalue weighted by Crippen LogP contribution is 2.24. The number of carbonyl (C=O) groups excluding carboxylic acids is 1. The summed E-state index contributed by atoms with van der Waals surface area (Å²) in [6, 6.07) is 3.95. The van der Waals surface area contributed by atoms with E-state index in [9.17, 15) is 9.18 Å². The van der Waals surface area contributed by atoms with E-state index >= 15 is 0 Å². The van der Waals surface area contributed by atoms with Crippen molar-refractivity contribution in [2.45, 2.75) is 18.9 Å². The van der Waals surface area contributed by atoms with Gasteiger partial charge in [0.15, 0.2) is 6.61 Å². The molecule has 0 spiro atoms. The molecule has 1 aliphatic heterocycles. The van der Waals surface area contributed by atoms with Gasteiger partial charge in [0.2, 0.25) is 0 Å². The molecule has 1 aliphatic rings. The molecule has 20 heavy (non-hydrogen) atoms.